The summed E-state index contributed by atoms with van der Waals surface area (Å²) in [4.78, 5) is 24.7. The molecule has 1 aromatic rings. The molecule has 6 nitrogen and oxygen atoms in total. The zero-order chi connectivity index (χ0) is 15.8. The van der Waals surface area contributed by atoms with Gasteiger partial charge in [0.1, 0.15) is 0 Å². The first kappa shape index (κ1) is 15.3. The minimum Gasteiger partial charge on any atom is -0.369 e. The monoisotopic (exact) mass is 304 g/mol. The van der Waals surface area contributed by atoms with Gasteiger partial charge in [-0.15, -0.1) is 0 Å². The van der Waals surface area contributed by atoms with E-state index in [1.54, 1.807) is 0 Å². The van der Waals surface area contributed by atoms with Gasteiger partial charge in [0.2, 0.25) is 5.91 Å². The summed E-state index contributed by atoms with van der Waals surface area (Å²) >= 11 is 0. The number of halogens is 3. The lowest BCUT2D eigenvalue weighted by atomic mass is 9.96. The van der Waals surface area contributed by atoms with E-state index in [-0.39, 0.29) is 12.2 Å². The summed E-state index contributed by atoms with van der Waals surface area (Å²) in [7, 11) is 0. The Bertz CT molecular complexity index is 567. The number of aryl methyl sites for hydroxylation is 1. The van der Waals surface area contributed by atoms with E-state index in [2.05, 4.69) is 10.2 Å². The molecule has 2 amide bonds. The number of amides is 2. The summed E-state index contributed by atoms with van der Waals surface area (Å²) in [5.74, 6) is -1.85. The fourth-order valence-electron chi connectivity index (χ4n) is 2.45. The molecule has 0 saturated carbocycles. The number of carbonyl (C=O) groups is 2. The molecule has 2 heterocycles. The van der Waals surface area contributed by atoms with Crippen LogP contribution in [0.2, 0.25) is 0 Å². The number of carbonyl (C=O) groups excluding carboxylic acids is 2. The van der Waals surface area contributed by atoms with Crippen LogP contribution in [0.25, 0.3) is 0 Å². The van der Waals surface area contributed by atoms with Gasteiger partial charge in [0.15, 0.2) is 5.69 Å². The van der Waals surface area contributed by atoms with E-state index in [9.17, 15) is 22.8 Å². The van der Waals surface area contributed by atoms with Gasteiger partial charge in [-0.05, 0) is 19.8 Å². The van der Waals surface area contributed by atoms with E-state index < -0.39 is 35.2 Å². The maximum Gasteiger partial charge on any atom is 0.435 e. The number of nitrogens with one attached hydrogen (secondary N) is 1. The molecule has 0 aromatic carbocycles. The number of hydrogen-bond donors (Lipinski definition) is 2. The molecule has 1 unspecified atom stereocenters. The van der Waals surface area contributed by atoms with E-state index in [1.807, 2.05) is 0 Å². The van der Waals surface area contributed by atoms with Crippen LogP contribution < -0.4 is 5.73 Å². The van der Waals surface area contributed by atoms with Crippen LogP contribution in [-0.2, 0) is 11.0 Å². The SMILES string of the molecule is Cc1[nH]nc(C(F)(F)F)c1C(=O)N1CCCC(C(N)=O)C1. The van der Waals surface area contributed by atoms with Crippen molar-refractivity contribution in [2.75, 3.05) is 13.1 Å². The van der Waals surface area contributed by atoms with Crippen molar-refractivity contribution < 1.29 is 22.8 Å². The number of primary amides is 1. The van der Waals surface area contributed by atoms with Crippen molar-refractivity contribution in [2.45, 2.75) is 25.9 Å². The predicted octanol–water partition coefficient (Wildman–Crippen LogP) is 1.07. The van der Waals surface area contributed by atoms with Crippen LogP contribution in [0.3, 0.4) is 0 Å². The Morgan fingerprint density at radius 2 is 2.10 bits per heavy atom. The van der Waals surface area contributed by atoms with Crippen molar-refractivity contribution in [2.24, 2.45) is 11.7 Å². The van der Waals surface area contributed by atoms with E-state index in [4.69, 9.17) is 5.73 Å². The Kier molecular flexibility index (Phi) is 3.93. The highest BCUT2D eigenvalue weighted by molar-refractivity contribution is 5.97. The molecule has 1 fully saturated rings. The number of likely N-dealkylation sites (tertiary alicyclic amines) is 1. The zero-order valence-corrected chi connectivity index (χ0v) is 11.3. The molecular formula is C12H15F3N4O2. The summed E-state index contributed by atoms with van der Waals surface area (Å²) in [5.41, 5.74) is 3.53. The number of nitrogens with two attached hydrogens (primary N) is 1. The van der Waals surface area contributed by atoms with E-state index >= 15 is 0 Å². The zero-order valence-electron chi connectivity index (χ0n) is 11.3. The number of nitrogens with zero attached hydrogens (tertiary/aromatic N) is 2. The quantitative estimate of drug-likeness (QED) is 0.856. The number of hydrogen-bond acceptors (Lipinski definition) is 3. The topological polar surface area (TPSA) is 92.1 Å². The number of H-pyrrole nitrogens is 1. The Labute approximate surface area is 118 Å². The lowest BCUT2D eigenvalue weighted by Gasteiger charge is -2.31. The van der Waals surface area contributed by atoms with Gasteiger partial charge in [-0.2, -0.15) is 18.3 Å². The molecule has 9 heteroatoms. The van der Waals surface area contributed by atoms with Gasteiger partial charge in [0, 0.05) is 18.8 Å². The van der Waals surface area contributed by atoms with Gasteiger partial charge in [-0.1, -0.05) is 0 Å². The maximum absolute atomic E-state index is 12.9. The van der Waals surface area contributed by atoms with Crippen LogP contribution in [0.5, 0.6) is 0 Å². The third kappa shape index (κ3) is 3.01. The van der Waals surface area contributed by atoms with Gasteiger partial charge >= 0.3 is 6.18 Å². The van der Waals surface area contributed by atoms with Gasteiger partial charge in [-0.3, -0.25) is 14.7 Å². The van der Waals surface area contributed by atoms with Crippen molar-refractivity contribution in [3.8, 4) is 0 Å². The second-order valence-corrected chi connectivity index (χ2v) is 5.06. The summed E-state index contributed by atoms with van der Waals surface area (Å²) in [6, 6.07) is 0. The highest BCUT2D eigenvalue weighted by Crippen LogP contribution is 2.32. The molecule has 21 heavy (non-hydrogen) atoms. The third-order valence-electron chi connectivity index (χ3n) is 3.54. The summed E-state index contributed by atoms with van der Waals surface area (Å²) in [5, 5.41) is 5.36. The molecule has 0 aliphatic carbocycles. The van der Waals surface area contributed by atoms with E-state index in [1.165, 1.54) is 11.8 Å². The van der Waals surface area contributed by atoms with E-state index in [0.29, 0.717) is 19.4 Å². The smallest absolute Gasteiger partial charge is 0.369 e. The van der Waals surface area contributed by atoms with Crippen molar-refractivity contribution >= 4 is 11.8 Å². The minimum atomic E-state index is -4.71. The second-order valence-electron chi connectivity index (χ2n) is 5.06. The highest BCUT2D eigenvalue weighted by Gasteiger charge is 2.41. The molecule has 1 aromatic heterocycles. The van der Waals surface area contributed by atoms with E-state index in [0.717, 1.165) is 0 Å². The molecule has 1 aliphatic heterocycles. The lowest BCUT2D eigenvalue weighted by Crippen LogP contribution is -2.44. The Morgan fingerprint density at radius 3 is 2.67 bits per heavy atom. The first-order valence-electron chi connectivity index (χ1n) is 6.42. The van der Waals surface area contributed by atoms with Gasteiger partial charge in [-0.25, -0.2) is 0 Å². The first-order chi connectivity index (χ1) is 9.71. The first-order valence-corrected chi connectivity index (χ1v) is 6.42. The largest absolute Gasteiger partial charge is 0.435 e. The van der Waals surface area contributed by atoms with Crippen LogP contribution in [-0.4, -0.2) is 40.0 Å². The maximum atomic E-state index is 12.9. The summed E-state index contributed by atoms with van der Waals surface area (Å²) in [6.07, 6.45) is -3.65. The van der Waals surface area contributed by atoms with Crippen molar-refractivity contribution in [3.63, 3.8) is 0 Å². The van der Waals surface area contributed by atoms with Crippen molar-refractivity contribution in [3.05, 3.63) is 17.0 Å². The summed E-state index contributed by atoms with van der Waals surface area (Å²) < 4.78 is 38.6. The van der Waals surface area contributed by atoms with Crippen LogP contribution in [0.15, 0.2) is 0 Å². The third-order valence-corrected chi connectivity index (χ3v) is 3.54. The van der Waals surface area contributed by atoms with Gasteiger partial charge in [0.25, 0.3) is 5.91 Å². The van der Waals surface area contributed by atoms with Crippen LogP contribution in [0.4, 0.5) is 13.2 Å². The molecule has 0 spiro atoms. The van der Waals surface area contributed by atoms with Crippen LogP contribution >= 0.6 is 0 Å². The van der Waals surface area contributed by atoms with Gasteiger partial charge < -0.3 is 10.6 Å². The second kappa shape index (κ2) is 5.38. The fourth-order valence-corrected chi connectivity index (χ4v) is 2.45. The molecule has 0 bridgehead atoms. The Hall–Kier alpha value is -2.06. The number of alkyl halides is 3. The molecule has 1 atom stereocenters. The average Bonchev–Trinajstić information content (AvgIpc) is 2.80. The fraction of sp³-hybridized carbons (Fsp3) is 0.583. The molecule has 116 valence electrons. The normalized spacial score (nSPS) is 19.6. The standard InChI is InChI=1S/C12H15F3N4O2/c1-6-8(9(18-17-6)12(13,14)15)11(21)19-4-2-3-7(5-19)10(16)20/h7H,2-5H2,1H3,(H2,16,20)(H,17,18). The molecular weight excluding hydrogens is 289 g/mol. The molecule has 1 saturated heterocycles. The summed E-state index contributed by atoms with van der Waals surface area (Å²) in [6.45, 7) is 1.69. The molecule has 3 N–H and O–H groups in total. The molecule has 2 rings (SSSR count). The van der Waals surface area contributed by atoms with Crippen molar-refractivity contribution in [1.29, 1.82) is 0 Å². The Morgan fingerprint density at radius 1 is 1.43 bits per heavy atom. The van der Waals surface area contributed by atoms with Gasteiger partial charge in [0.05, 0.1) is 11.5 Å². The van der Waals surface area contributed by atoms with Crippen LogP contribution in [0.1, 0.15) is 34.6 Å². The number of piperidine rings is 1. The minimum absolute atomic E-state index is 0.0378. The Balaban J connectivity index is 2.28. The predicted molar refractivity (Wildman–Crippen MR) is 66.1 cm³/mol. The molecule has 1 aliphatic rings. The lowest BCUT2D eigenvalue weighted by molar-refractivity contribution is -0.141. The number of rotatable bonds is 2. The molecule has 0 radical (unpaired) electrons. The highest BCUT2D eigenvalue weighted by atomic mass is 19.4. The average molecular weight is 304 g/mol. The van der Waals surface area contributed by atoms with Crippen molar-refractivity contribution in [1.82, 2.24) is 15.1 Å². The number of aromatic nitrogens is 2. The van der Waals surface area contributed by atoms with Crippen LogP contribution in [0, 0.1) is 12.8 Å². The number of aromatic amines is 1.